The molecular weight excluding hydrogens is 212 g/mol. The molecule has 0 aliphatic carbocycles. The third-order valence-corrected chi connectivity index (χ3v) is 1.69. The molecule has 92 valence electrons. The Balaban J connectivity index is 0.000000293. The van der Waals surface area contributed by atoms with Gasteiger partial charge in [-0.2, -0.15) is 0 Å². The summed E-state index contributed by atoms with van der Waals surface area (Å²) in [5.74, 6) is -1.29. The predicted octanol–water partition coefficient (Wildman–Crippen LogP) is 1.31. The molecule has 0 unspecified atom stereocenters. The van der Waals surface area contributed by atoms with Crippen LogP contribution in [0.2, 0.25) is 0 Å². The molecule has 5 heteroatoms. The smallest absolute Gasteiger partial charge is 0.128 e. The second kappa shape index (κ2) is 8.01. The average Bonchev–Trinajstić information content (AvgIpc) is 2.13. The zero-order valence-corrected chi connectivity index (χ0v) is 9.93. The third-order valence-electron chi connectivity index (χ3n) is 1.69. The van der Waals surface area contributed by atoms with Crippen molar-refractivity contribution in [1.82, 2.24) is 10.2 Å². The van der Waals surface area contributed by atoms with Crippen LogP contribution in [0.25, 0.3) is 0 Å². The molecule has 3 nitrogen and oxygen atoms in total. The minimum absolute atomic E-state index is 0.104. The number of nitrogens with zero attached hydrogens (tertiary/aromatic N) is 1. The number of nitrogens with one attached hydrogen (secondary N) is 1. The summed E-state index contributed by atoms with van der Waals surface area (Å²) in [6.45, 7) is 2.20. The maximum Gasteiger partial charge on any atom is 0.128 e. The highest BCUT2D eigenvalue weighted by molar-refractivity contribution is 5.37. The standard InChI is InChI=1S/C6H5F2N.C5H14N2/c7-4-1-5(8)3-6(9)2-4;1-6-4-5-7(2)3/h1-3H,9H2;6H,4-5H2,1-3H3. The lowest BCUT2D eigenvalue weighted by molar-refractivity contribution is 0.407. The molecule has 0 aromatic heterocycles. The highest BCUT2D eigenvalue weighted by Gasteiger charge is 1.94. The molecule has 0 spiro atoms. The Kier molecular flexibility index (Phi) is 7.41. The number of rotatable bonds is 3. The summed E-state index contributed by atoms with van der Waals surface area (Å²) in [6, 6.07) is 2.89. The number of hydrogen-bond donors (Lipinski definition) is 2. The summed E-state index contributed by atoms with van der Waals surface area (Å²) in [6.07, 6.45) is 0. The van der Waals surface area contributed by atoms with Crippen LogP contribution in [0.3, 0.4) is 0 Å². The Bertz CT molecular complexity index is 253. The Morgan fingerprint density at radius 3 is 1.94 bits per heavy atom. The number of likely N-dealkylation sites (N-methyl/N-ethyl adjacent to an activating group) is 2. The molecule has 1 aromatic rings. The molecule has 1 aromatic carbocycles. The molecular formula is C11H19F2N3. The number of nitrogens with two attached hydrogens (primary N) is 1. The molecule has 3 N–H and O–H groups in total. The van der Waals surface area contributed by atoms with Crippen molar-refractivity contribution < 1.29 is 8.78 Å². The molecule has 1 rings (SSSR count). The quantitative estimate of drug-likeness (QED) is 0.771. The Labute approximate surface area is 95.2 Å². The van der Waals surface area contributed by atoms with E-state index < -0.39 is 11.6 Å². The van der Waals surface area contributed by atoms with Crippen molar-refractivity contribution in [3.05, 3.63) is 29.8 Å². The van der Waals surface area contributed by atoms with Gasteiger partial charge in [0, 0.05) is 24.8 Å². The molecule has 0 aliphatic rings. The molecule has 0 amide bonds. The largest absolute Gasteiger partial charge is 0.399 e. The van der Waals surface area contributed by atoms with Gasteiger partial charge in [-0.15, -0.1) is 0 Å². The van der Waals surface area contributed by atoms with E-state index in [9.17, 15) is 8.78 Å². The van der Waals surface area contributed by atoms with Crippen LogP contribution in [-0.4, -0.2) is 39.1 Å². The highest BCUT2D eigenvalue weighted by atomic mass is 19.1. The normalized spacial score (nSPS) is 9.88. The van der Waals surface area contributed by atoms with Crippen LogP contribution in [0.15, 0.2) is 18.2 Å². The van der Waals surface area contributed by atoms with Crippen LogP contribution in [-0.2, 0) is 0 Å². The monoisotopic (exact) mass is 231 g/mol. The number of anilines is 1. The summed E-state index contributed by atoms with van der Waals surface area (Å²) >= 11 is 0. The van der Waals surface area contributed by atoms with Crippen LogP contribution < -0.4 is 11.1 Å². The maximum absolute atomic E-state index is 12.1. The summed E-state index contributed by atoms with van der Waals surface area (Å²) in [5.41, 5.74) is 5.18. The van der Waals surface area contributed by atoms with E-state index in [-0.39, 0.29) is 5.69 Å². The van der Waals surface area contributed by atoms with Crippen molar-refractivity contribution in [1.29, 1.82) is 0 Å². The molecule has 0 saturated heterocycles. The van der Waals surface area contributed by atoms with Crippen molar-refractivity contribution in [2.75, 3.05) is 40.0 Å². The first-order chi connectivity index (χ1) is 7.45. The second-order valence-electron chi connectivity index (χ2n) is 3.61. The van der Waals surface area contributed by atoms with Gasteiger partial charge in [-0.3, -0.25) is 0 Å². The van der Waals surface area contributed by atoms with Crippen LogP contribution in [0.1, 0.15) is 0 Å². The maximum atomic E-state index is 12.1. The van der Waals surface area contributed by atoms with E-state index in [1.54, 1.807) is 0 Å². The number of nitrogen functional groups attached to an aromatic ring is 1. The van der Waals surface area contributed by atoms with Gasteiger partial charge in [-0.1, -0.05) is 0 Å². The van der Waals surface area contributed by atoms with E-state index in [0.29, 0.717) is 0 Å². The van der Waals surface area contributed by atoms with Gasteiger partial charge in [0.15, 0.2) is 0 Å². The highest BCUT2D eigenvalue weighted by Crippen LogP contribution is 2.07. The zero-order chi connectivity index (χ0) is 12.6. The fraction of sp³-hybridized carbons (Fsp3) is 0.455. The van der Waals surface area contributed by atoms with E-state index in [1.807, 2.05) is 7.05 Å². The van der Waals surface area contributed by atoms with Gasteiger partial charge in [0.1, 0.15) is 11.6 Å². The molecule has 0 fully saturated rings. The Hall–Kier alpha value is -1.20. The van der Waals surface area contributed by atoms with Crippen LogP contribution in [0, 0.1) is 11.6 Å². The Morgan fingerprint density at radius 1 is 1.19 bits per heavy atom. The summed E-state index contributed by atoms with van der Waals surface area (Å²) in [7, 11) is 6.10. The number of hydrogen-bond acceptors (Lipinski definition) is 3. The Morgan fingerprint density at radius 2 is 1.69 bits per heavy atom. The van der Waals surface area contributed by atoms with E-state index in [0.717, 1.165) is 31.3 Å². The lowest BCUT2D eigenvalue weighted by Gasteiger charge is -2.06. The minimum Gasteiger partial charge on any atom is -0.399 e. The fourth-order valence-corrected chi connectivity index (χ4v) is 0.911. The van der Waals surface area contributed by atoms with Gasteiger partial charge < -0.3 is 16.0 Å². The van der Waals surface area contributed by atoms with Gasteiger partial charge >= 0.3 is 0 Å². The molecule has 0 aliphatic heterocycles. The SMILES string of the molecule is CNCCN(C)C.Nc1cc(F)cc(F)c1. The fourth-order valence-electron chi connectivity index (χ4n) is 0.911. The summed E-state index contributed by atoms with van der Waals surface area (Å²) in [5, 5.41) is 3.06. The van der Waals surface area contributed by atoms with Crippen molar-refractivity contribution in [2.24, 2.45) is 0 Å². The third kappa shape index (κ3) is 8.14. The van der Waals surface area contributed by atoms with E-state index >= 15 is 0 Å². The van der Waals surface area contributed by atoms with Crippen molar-refractivity contribution >= 4 is 5.69 Å². The summed E-state index contributed by atoms with van der Waals surface area (Å²) < 4.78 is 24.2. The van der Waals surface area contributed by atoms with Crippen LogP contribution in [0.5, 0.6) is 0 Å². The lowest BCUT2D eigenvalue weighted by Crippen LogP contribution is -2.23. The van der Waals surface area contributed by atoms with Crippen molar-refractivity contribution in [3.63, 3.8) is 0 Å². The van der Waals surface area contributed by atoms with Crippen LogP contribution >= 0.6 is 0 Å². The zero-order valence-electron chi connectivity index (χ0n) is 9.93. The molecule has 0 saturated carbocycles. The lowest BCUT2D eigenvalue weighted by atomic mass is 10.3. The minimum atomic E-state index is -0.646. The molecule has 0 bridgehead atoms. The van der Waals surface area contributed by atoms with Gasteiger partial charge in [-0.25, -0.2) is 8.78 Å². The first-order valence-electron chi connectivity index (χ1n) is 4.96. The number of benzene rings is 1. The van der Waals surface area contributed by atoms with Crippen LogP contribution in [0.4, 0.5) is 14.5 Å². The summed E-state index contributed by atoms with van der Waals surface area (Å²) in [4.78, 5) is 2.15. The predicted molar refractivity (Wildman–Crippen MR) is 63.3 cm³/mol. The molecule has 0 radical (unpaired) electrons. The van der Waals surface area contributed by atoms with E-state index in [1.165, 1.54) is 0 Å². The van der Waals surface area contributed by atoms with Gasteiger partial charge in [0.05, 0.1) is 0 Å². The molecule has 0 atom stereocenters. The molecule has 0 heterocycles. The first kappa shape index (κ1) is 14.8. The van der Waals surface area contributed by atoms with Gasteiger partial charge in [-0.05, 0) is 33.3 Å². The van der Waals surface area contributed by atoms with E-state index in [2.05, 4.69) is 24.3 Å². The topological polar surface area (TPSA) is 41.3 Å². The second-order valence-corrected chi connectivity index (χ2v) is 3.61. The van der Waals surface area contributed by atoms with Gasteiger partial charge in [0.25, 0.3) is 0 Å². The van der Waals surface area contributed by atoms with E-state index in [4.69, 9.17) is 5.73 Å². The molecule has 16 heavy (non-hydrogen) atoms. The van der Waals surface area contributed by atoms with Crippen molar-refractivity contribution in [2.45, 2.75) is 0 Å². The van der Waals surface area contributed by atoms with Gasteiger partial charge in [0.2, 0.25) is 0 Å². The average molecular weight is 231 g/mol. The van der Waals surface area contributed by atoms with Crippen molar-refractivity contribution in [3.8, 4) is 0 Å². The first-order valence-corrected chi connectivity index (χ1v) is 4.96. The number of halogens is 2.